The topological polar surface area (TPSA) is 523 Å². The number of carboxylic acid groups (broad SMARTS) is 2. The number of nitrogens with two attached hydrogens (primary N) is 5. The number of hydrogen-bond acceptors (Lipinski definition) is 26. The summed E-state index contributed by atoms with van der Waals surface area (Å²) in [6, 6.07) is -0.604. The Morgan fingerprint density at radius 1 is 0.917 bits per heavy atom. The minimum absolute atomic E-state index is 0.0101. The van der Waals surface area contributed by atoms with E-state index in [0.29, 0.717) is 47.9 Å². The van der Waals surface area contributed by atoms with E-state index in [2.05, 4.69) is 15.6 Å². The zero-order valence-electron chi connectivity index (χ0n) is 45.8. The van der Waals surface area contributed by atoms with E-state index in [-0.39, 0.29) is 60.6 Å². The number of halogens is 1. The van der Waals surface area contributed by atoms with Crippen molar-refractivity contribution in [2.75, 3.05) is 63.1 Å². The van der Waals surface area contributed by atoms with Gasteiger partial charge in [0, 0.05) is 73.5 Å². The lowest BCUT2D eigenvalue weighted by Crippen LogP contribution is -2.69. The molecule has 6 heterocycles. The number of thioether (sulfide) groups is 1. The fourth-order valence-corrected chi connectivity index (χ4v) is 12.1. The number of amides is 2. The second kappa shape index (κ2) is 29.0. The van der Waals surface area contributed by atoms with Crippen LogP contribution in [-0.4, -0.2) is 264 Å². The van der Waals surface area contributed by atoms with Gasteiger partial charge in [-0.15, -0.1) is 11.8 Å². The summed E-state index contributed by atoms with van der Waals surface area (Å²) in [5.41, 5.74) is 28.4. The van der Waals surface area contributed by atoms with Gasteiger partial charge < -0.3 is 129 Å². The number of ether oxygens (including phenoxy) is 4. The van der Waals surface area contributed by atoms with Gasteiger partial charge >= 0.3 is 11.9 Å². The Bertz CT molecular complexity index is 2760. The first-order valence-corrected chi connectivity index (χ1v) is 28.5. The number of carbonyl (C=O) groups is 4. The van der Waals surface area contributed by atoms with Gasteiger partial charge in [-0.3, -0.25) is 19.4 Å². The van der Waals surface area contributed by atoms with Crippen LogP contribution in [0.15, 0.2) is 38.7 Å². The molecule has 7 aliphatic rings. The molecule has 5 aliphatic heterocycles. The van der Waals surface area contributed by atoms with E-state index in [1.165, 1.54) is 35.3 Å². The monoisotopic (exact) mass is 1220 g/mol. The van der Waals surface area contributed by atoms with E-state index in [1.807, 2.05) is 9.47 Å². The lowest BCUT2D eigenvalue weighted by Gasteiger charge is -2.49. The highest BCUT2D eigenvalue weighted by Gasteiger charge is 2.57. The number of aliphatic imine (C=N–C) groups is 1. The van der Waals surface area contributed by atoms with Crippen LogP contribution in [0.1, 0.15) is 55.4 Å². The van der Waals surface area contributed by atoms with Crippen molar-refractivity contribution in [2.45, 2.75) is 155 Å². The predicted molar refractivity (Wildman–Crippen MR) is 295 cm³/mol. The van der Waals surface area contributed by atoms with E-state index < -0.39 is 146 Å². The van der Waals surface area contributed by atoms with E-state index >= 15 is 0 Å². The Balaban J connectivity index is 0.000000195. The maximum Gasteiger partial charge on any atom is 0.353 e. The number of carboxylic acids is 2. The summed E-state index contributed by atoms with van der Waals surface area (Å²) in [7, 11) is 0. The molecule has 9 rings (SSSR count). The van der Waals surface area contributed by atoms with E-state index in [9.17, 15) is 84.5 Å². The van der Waals surface area contributed by atoms with Crippen LogP contribution in [0.4, 0.5) is 10.1 Å². The fourth-order valence-electron chi connectivity index (χ4n) is 11.0. The van der Waals surface area contributed by atoms with Gasteiger partial charge in [0.05, 0.1) is 60.8 Å². The molecule has 1 aromatic heterocycles. The minimum Gasteiger partial charge on any atom is -0.477 e. The molecule has 2 amide bonds. The van der Waals surface area contributed by atoms with Gasteiger partial charge in [-0.1, -0.05) is 0 Å². The summed E-state index contributed by atoms with van der Waals surface area (Å²) in [6.45, 7) is 4.12. The van der Waals surface area contributed by atoms with Gasteiger partial charge in [-0.25, -0.2) is 14.0 Å². The van der Waals surface area contributed by atoms with Crippen molar-refractivity contribution in [2.24, 2.45) is 39.6 Å². The lowest BCUT2D eigenvalue weighted by atomic mass is 9.83. The average molecular weight is 1220 g/mol. The average Bonchev–Trinajstić information content (AvgIpc) is 4.42. The number of nitrogens with zero attached hydrogens (tertiary/aromatic N) is 4. The molecular weight excluding hydrogens is 1140 g/mol. The van der Waals surface area contributed by atoms with Gasteiger partial charge in [-0.2, -0.15) is 0 Å². The number of aromatic carboxylic acids is 1. The first kappa shape index (κ1) is 66.4. The molecule has 0 radical (unpaired) electrons. The molecule has 0 bridgehead atoms. The molecule has 1 unspecified atom stereocenters. The van der Waals surface area contributed by atoms with Crippen molar-refractivity contribution in [1.82, 2.24) is 20.1 Å². The van der Waals surface area contributed by atoms with E-state index in [4.69, 9.17) is 47.6 Å². The van der Waals surface area contributed by atoms with Crippen molar-refractivity contribution in [1.29, 1.82) is 0 Å². The van der Waals surface area contributed by atoms with Crippen molar-refractivity contribution in [3.8, 4) is 0 Å². The molecule has 23 N–H and O–H groups in total. The number of benzene rings is 1. The highest BCUT2D eigenvalue weighted by atomic mass is 32.2. The summed E-state index contributed by atoms with van der Waals surface area (Å²) in [5.74, 6) is -3.90. The molecule has 6 fully saturated rings. The molecule has 2 saturated carbocycles. The maximum absolute atomic E-state index is 14.6. The molecule has 1 aromatic carbocycles. The van der Waals surface area contributed by atoms with Gasteiger partial charge in [0.25, 0.3) is 0 Å². The number of aliphatic carboxylic acids is 1. The van der Waals surface area contributed by atoms with Crippen LogP contribution >= 0.6 is 11.8 Å². The first-order chi connectivity index (χ1) is 39.9. The third-order valence-corrected chi connectivity index (χ3v) is 16.8. The molecule has 33 heteroatoms. The zero-order chi connectivity index (χ0) is 61.6. The number of fused-ring (bicyclic) bond motifs is 2. The minimum atomic E-state index is -1.76. The van der Waals surface area contributed by atoms with Gasteiger partial charge in [0.1, 0.15) is 84.2 Å². The number of aliphatic hydroxyl groups excluding tert-OH is 9. The Kier molecular flexibility index (Phi) is 23.0. The molecule has 31 nitrogen and oxygen atoms in total. The lowest BCUT2D eigenvalue weighted by molar-refractivity contribution is -0.332. The normalized spacial score (nSPS) is 34.0. The smallest absolute Gasteiger partial charge is 0.353 e. The Labute approximate surface area is 484 Å². The second-order valence-corrected chi connectivity index (χ2v) is 22.6. The van der Waals surface area contributed by atoms with E-state index in [1.54, 1.807) is 13.0 Å². The standard InChI is InChI=1S/C22H43N5O13.C17H18FN3O3.C12H17N3O4S/c23-2-1-8(29)20(36)27-7-3-6(25)18(39-22-16(34)15(33)13(31)9(4-24)37-22)17(35)19(7)40-21-14(32)11(26)12(30)10(5-28)38-21;18-13-7-11-14(8-15(13)20-5-3-19-4-6-20)21(10-1-2-10)9-12(16(11)22)17(23)24;1-6(16)9-7-4-8(20-3-2-14-5-13)10(12(18)19)15(7)11(9)17/h6-19,21-22,28-35H,1-5,23-26H2,(H,27,36);7-10,19H,1-6H2,(H,23,24);5-7,9,16H,2-4H2,1H3,(H2,13,14)(H,18,19)/t6-,7+,8-,9+,10+,11-,12+,13+,14+,15-,16+,17-,18+,19-,21+,22+;;6?,7-,9-/m0.1/s1. The third-order valence-electron chi connectivity index (χ3n) is 15.7. The van der Waals surface area contributed by atoms with Crippen LogP contribution in [0.3, 0.4) is 0 Å². The summed E-state index contributed by atoms with van der Waals surface area (Å²) in [6.07, 6.45) is -15.6. The van der Waals surface area contributed by atoms with Crippen molar-refractivity contribution < 1.29 is 98.7 Å². The number of nitrogens with one attached hydrogen (secondary N) is 2. The highest BCUT2D eigenvalue weighted by molar-refractivity contribution is 8.03. The van der Waals surface area contributed by atoms with Crippen molar-refractivity contribution >= 4 is 58.4 Å². The van der Waals surface area contributed by atoms with E-state index in [0.717, 1.165) is 25.9 Å². The number of hydrogen-bond donors (Lipinski definition) is 18. The number of pyridine rings is 1. The second-order valence-electron chi connectivity index (χ2n) is 21.4. The molecule has 84 heavy (non-hydrogen) atoms. The Hall–Kier alpha value is -5.12. The largest absolute Gasteiger partial charge is 0.477 e. The SMILES string of the molecule is CC(O)[C@H]1C(=O)N2C(C(=O)O)=C(SCCN=CN)C[C@H]12.NCC[C@H](O)C(=O)N[C@@H]1C[C@H](N)[C@@H](O[C@H]2O[C@H](CN)[C@@H](O)[C@H](O)[C@H]2O)[C@H](O)[C@H]1O[C@H]1O[C@H](CO)[C@@H](O)[C@H](N)[C@H]1O.O=C(O)c1cn(C2CC2)c2cc(N3CCNCC3)c(F)cc2c1=O. The summed E-state index contributed by atoms with van der Waals surface area (Å²) >= 11 is 1.38. The molecule has 470 valence electrons. The van der Waals surface area contributed by atoms with Crippen LogP contribution in [0, 0.1) is 11.7 Å². The quantitative estimate of drug-likeness (QED) is 0.0269. The molecule has 4 saturated heterocycles. The summed E-state index contributed by atoms with van der Waals surface area (Å²) in [5, 5.41) is 116. The van der Waals surface area contributed by atoms with Crippen LogP contribution in [-0.2, 0) is 33.3 Å². The number of anilines is 1. The Morgan fingerprint density at radius 2 is 1.57 bits per heavy atom. The predicted octanol–water partition coefficient (Wildman–Crippen LogP) is -7.23. The van der Waals surface area contributed by atoms with Crippen LogP contribution in [0.25, 0.3) is 10.9 Å². The molecule has 2 aliphatic carbocycles. The van der Waals surface area contributed by atoms with Crippen LogP contribution < -0.4 is 49.6 Å². The fraction of sp³-hybridized carbons (Fsp3) is 0.686. The number of carbonyl (C=O) groups excluding carboxylic acids is 2. The molecule has 19 atom stereocenters. The number of aliphatic hydroxyl groups is 9. The van der Waals surface area contributed by atoms with Crippen LogP contribution in [0.5, 0.6) is 0 Å². The van der Waals surface area contributed by atoms with Crippen LogP contribution in [0.2, 0.25) is 0 Å². The number of β-lactam (4-membered cyclic amide) rings is 1. The van der Waals surface area contributed by atoms with Gasteiger partial charge in [-0.05, 0) is 51.3 Å². The maximum atomic E-state index is 14.6. The van der Waals surface area contributed by atoms with Gasteiger partial charge in [0.15, 0.2) is 12.6 Å². The van der Waals surface area contributed by atoms with Crippen molar-refractivity contribution in [3.05, 3.63) is 50.5 Å². The molecule has 2 aromatic rings. The molecular formula is C51H78FN11O20S. The van der Waals surface area contributed by atoms with Crippen molar-refractivity contribution in [3.63, 3.8) is 0 Å². The van der Waals surface area contributed by atoms with Gasteiger partial charge in [0.2, 0.25) is 17.2 Å². The third kappa shape index (κ3) is 14.5. The summed E-state index contributed by atoms with van der Waals surface area (Å²) in [4.78, 5) is 67.4. The Morgan fingerprint density at radius 3 is 2.17 bits per heavy atom. The number of aromatic nitrogens is 1. The number of rotatable bonds is 19. The molecule has 0 spiro atoms. The number of piperazine rings is 1. The zero-order valence-corrected chi connectivity index (χ0v) is 46.6. The summed E-state index contributed by atoms with van der Waals surface area (Å²) < 4.78 is 38.9. The first-order valence-electron chi connectivity index (χ1n) is 27.5. The highest BCUT2D eigenvalue weighted by Crippen LogP contribution is 2.47.